The standard InChI is InChI=1S/C15H12F2N2O4S/c16-15(17)22-11-5-3-4-10(8-11)19-24(20,21)9-13-12-6-1-2-7-14(12)23-18-13/h1-8,15,19H,9H2. The van der Waals surface area contributed by atoms with Gasteiger partial charge in [0.25, 0.3) is 0 Å². The summed E-state index contributed by atoms with van der Waals surface area (Å²) in [7, 11) is -3.81. The maximum Gasteiger partial charge on any atom is 0.387 e. The van der Waals surface area contributed by atoms with Crippen LogP contribution < -0.4 is 9.46 Å². The number of alkyl halides is 2. The van der Waals surface area contributed by atoms with Gasteiger partial charge in [0.15, 0.2) is 5.58 Å². The predicted octanol–water partition coefficient (Wildman–Crippen LogP) is 3.37. The van der Waals surface area contributed by atoms with Gasteiger partial charge in [-0.1, -0.05) is 23.4 Å². The quantitative estimate of drug-likeness (QED) is 0.734. The van der Waals surface area contributed by atoms with Crippen molar-refractivity contribution in [3.63, 3.8) is 0 Å². The van der Waals surface area contributed by atoms with Crippen LogP contribution >= 0.6 is 0 Å². The smallest absolute Gasteiger partial charge is 0.387 e. The van der Waals surface area contributed by atoms with E-state index in [1.807, 2.05) is 0 Å². The molecule has 0 aliphatic carbocycles. The van der Waals surface area contributed by atoms with Gasteiger partial charge in [-0.15, -0.1) is 0 Å². The van der Waals surface area contributed by atoms with Crippen molar-refractivity contribution in [3.8, 4) is 5.75 Å². The molecule has 24 heavy (non-hydrogen) atoms. The van der Waals surface area contributed by atoms with Crippen LogP contribution in [-0.4, -0.2) is 20.2 Å². The Bertz CT molecular complexity index is 957. The summed E-state index contributed by atoms with van der Waals surface area (Å²) in [6.45, 7) is -2.99. The fraction of sp³-hybridized carbons (Fsp3) is 0.133. The van der Waals surface area contributed by atoms with Crippen molar-refractivity contribution in [2.45, 2.75) is 12.4 Å². The van der Waals surface area contributed by atoms with Crippen LogP contribution in [0.3, 0.4) is 0 Å². The van der Waals surface area contributed by atoms with Gasteiger partial charge in [-0.05, 0) is 24.3 Å². The monoisotopic (exact) mass is 354 g/mol. The summed E-state index contributed by atoms with van der Waals surface area (Å²) in [5.41, 5.74) is 0.856. The van der Waals surface area contributed by atoms with E-state index < -0.39 is 22.4 Å². The number of benzene rings is 2. The Labute approximate surface area is 136 Å². The number of hydrogen-bond acceptors (Lipinski definition) is 5. The molecule has 0 atom stereocenters. The van der Waals surface area contributed by atoms with Crippen molar-refractivity contribution < 1.29 is 26.5 Å². The van der Waals surface area contributed by atoms with Crippen LogP contribution in [0.15, 0.2) is 53.1 Å². The van der Waals surface area contributed by atoms with Crippen LogP contribution in [0.25, 0.3) is 11.0 Å². The minimum absolute atomic E-state index is 0.112. The summed E-state index contributed by atoms with van der Waals surface area (Å²) >= 11 is 0. The molecule has 0 radical (unpaired) electrons. The molecule has 0 bridgehead atoms. The number of ether oxygens (including phenoxy) is 1. The number of sulfonamides is 1. The second-order valence-corrected chi connectivity index (χ2v) is 6.62. The molecule has 1 heterocycles. The number of fused-ring (bicyclic) bond motifs is 1. The lowest BCUT2D eigenvalue weighted by atomic mass is 10.2. The Morgan fingerprint density at radius 1 is 1.17 bits per heavy atom. The normalized spacial score (nSPS) is 11.8. The lowest BCUT2D eigenvalue weighted by Crippen LogP contribution is -2.15. The van der Waals surface area contributed by atoms with Crippen LogP contribution in [-0.2, 0) is 15.8 Å². The van der Waals surface area contributed by atoms with E-state index >= 15 is 0 Å². The third kappa shape index (κ3) is 3.80. The zero-order chi connectivity index (χ0) is 17.2. The van der Waals surface area contributed by atoms with E-state index in [0.29, 0.717) is 11.0 Å². The summed E-state index contributed by atoms with van der Waals surface area (Å²) < 4.78 is 60.5. The number of rotatable bonds is 6. The van der Waals surface area contributed by atoms with Gasteiger partial charge >= 0.3 is 6.61 Å². The van der Waals surface area contributed by atoms with Gasteiger partial charge in [-0.2, -0.15) is 8.78 Å². The Balaban J connectivity index is 1.79. The van der Waals surface area contributed by atoms with Crippen LogP contribution in [0, 0.1) is 0 Å². The summed E-state index contributed by atoms with van der Waals surface area (Å²) in [4.78, 5) is 0. The van der Waals surface area contributed by atoms with Crippen LogP contribution in [0.2, 0.25) is 0 Å². The lowest BCUT2D eigenvalue weighted by molar-refractivity contribution is -0.0497. The summed E-state index contributed by atoms with van der Waals surface area (Å²) in [6, 6.07) is 12.2. The molecular weight excluding hydrogens is 342 g/mol. The van der Waals surface area contributed by atoms with Crippen molar-refractivity contribution in [2.24, 2.45) is 0 Å². The van der Waals surface area contributed by atoms with E-state index in [2.05, 4.69) is 14.6 Å². The highest BCUT2D eigenvalue weighted by Crippen LogP contribution is 2.23. The molecule has 3 rings (SSSR count). The van der Waals surface area contributed by atoms with E-state index in [-0.39, 0.29) is 17.1 Å². The molecule has 1 aromatic heterocycles. The van der Waals surface area contributed by atoms with Gasteiger partial charge in [0.05, 0.1) is 5.69 Å². The van der Waals surface area contributed by atoms with Crippen molar-refractivity contribution in [3.05, 3.63) is 54.2 Å². The third-order valence-corrected chi connectivity index (χ3v) is 4.31. The Morgan fingerprint density at radius 2 is 1.96 bits per heavy atom. The van der Waals surface area contributed by atoms with Crippen molar-refractivity contribution in [2.75, 3.05) is 4.72 Å². The van der Waals surface area contributed by atoms with E-state index in [0.717, 1.165) is 0 Å². The third-order valence-electron chi connectivity index (χ3n) is 3.11. The highest BCUT2D eigenvalue weighted by molar-refractivity contribution is 7.91. The number of anilines is 1. The molecule has 0 saturated heterocycles. The van der Waals surface area contributed by atoms with Gasteiger partial charge in [-0.3, -0.25) is 4.72 Å². The van der Waals surface area contributed by atoms with Gasteiger partial charge in [-0.25, -0.2) is 8.42 Å². The number of halogens is 2. The summed E-state index contributed by atoms with van der Waals surface area (Å²) in [5.74, 6) is -0.554. The first-order valence-electron chi connectivity index (χ1n) is 6.81. The summed E-state index contributed by atoms with van der Waals surface area (Å²) in [6.07, 6.45) is 0. The average Bonchev–Trinajstić information content (AvgIpc) is 2.89. The fourth-order valence-corrected chi connectivity index (χ4v) is 3.30. The van der Waals surface area contributed by atoms with Crippen LogP contribution in [0.1, 0.15) is 5.69 Å². The highest BCUT2D eigenvalue weighted by Gasteiger charge is 2.18. The molecule has 2 aromatic carbocycles. The Kier molecular flexibility index (Phi) is 4.34. The first kappa shape index (κ1) is 16.2. The predicted molar refractivity (Wildman–Crippen MR) is 83.3 cm³/mol. The molecule has 0 fully saturated rings. The van der Waals surface area contributed by atoms with Crippen molar-refractivity contribution in [1.29, 1.82) is 0 Å². The molecule has 0 amide bonds. The zero-order valence-corrected chi connectivity index (χ0v) is 13.0. The first-order chi connectivity index (χ1) is 11.4. The second kappa shape index (κ2) is 6.44. The molecule has 1 N–H and O–H groups in total. The van der Waals surface area contributed by atoms with E-state index in [4.69, 9.17) is 4.52 Å². The number of para-hydroxylation sites is 1. The van der Waals surface area contributed by atoms with Gasteiger partial charge in [0, 0.05) is 11.5 Å². The molecule has 3 aromatic rings. The lowest BCUT2D eigenvalue weighted by Gasteiger charge is -2.09. The van der Waals surface area contributed by atoms with Crippen molar-refractivity contribution in [1.82, 2.24) is 5.16 Å². The molecule has 0 spiro atoms. The van der Waals surface area contributed by atoms with E-state index in [9.17, 15) is 17.2 Å². The average molecular weight is 354 g/mol. The number of nitrogens with one attached hydrogen (secondary N) is 1. The van der Waals surface area contributed by atoms with Crippen molar-refractivity contribution >= 4 is 26.7 Å². The SMILES string of the molecule is O=S(=O)(Cc1noc2ccccc12)Nc1cccc(OC(F)F)c1. The first-order valence-corrected chi connectivity index (χ1v) is 8.47. The molecule has 0 saturated carbocycles. The molecule has 0 aliphatic heterocycles. The van der Waals surface area contributed by atoms with Gasteiger partial charge < -0.3 is 9.26 Å². The minimum atomic E-state index is -3.81. The Morgan fingerprint density at radius 3 is 2.75 bits per heavy atom. The number of hydrogen-bond donors (Lipinski definition) is 1. The largest absolute Gasteiger partial charge is 0.435 e. The number of nitrogens with zero attached hydrogens (tertiary/aromatic N) is 1. The molecule has 9 heteroatoms. The topological polar surface area (TPSA) is 81.4 Å². The zero-order valence-electron chi connectivity index (χ0n) is 12.1. The highest BCUT2D eigenvalue weighted by atomic mass is 32.2. The second-order valence-electron chi connectivity index (χ2n) is 4.89. The minimum Gasteiger partial charge on any atom is -0.435 e. The van der Waals surface area contributed by atoms with Crippen LogP contribution in [0.5, 0.6) is 5.75 Å². The molecule has 126 valence electrons. The maximum absolute atomic E-state index is 12.3. The molecular formula is C15H12F2N2O4S. The molecule has 6 nitrogen and oxygen atoms in total. The molecule has 0 unspecified atom stereocenters. The van der Waals surface area contributed by atoms with E-state index in [1.165, 1.54) is 24.3 Å². The fourth-order valence-electron chi connectivity index (χ4n) is 2.17. The summed E-state index contributed by atoms with van der Waals surface area (Å²) in [5, 5.41) is 4.36. The van der Waals surface area contributed by atoms with Gasteiger partial charge in [0.2, 0.25) is 10.0 Å². The van der Waals surface area contributed by atoms with Gasteiger partial charge in [0.1, 0.15) is 17.2 Å². The Hall–Kier alpha value is -2.68. The van der Waals surface area contributed by atoms with Crippen LogP contribution in [0.4, 0.5) is 14.5 Å². The molecule has 0 aliphatic rings. The number of aromatic nitrogens is 1. The van der Waals surface area contributed by atoms with E-state index in [1.54, 1.807) is 24.3 Å². The maximum atomic E-state index is 12.3.